The van der Waals surface area contributed by atoms with E-state index in [0.717, 1.165) is 36.8 Å². The largest absolute Gasteiger partial charge is 0.296 e. The molecule has 0 fully saturated rings. The van der Waals surface area contributed by atoms with Crippen LogP contribution in [0.4, 0.5) is 5.13 Å². The van der Waals surface area contributed by atoms with Crippen LogP contribution < -0.4 is 5.32 Å². The molecule has 0 bridgehead atoms. The number of halogens is 1. The number of nitrogens with zero attached hydrogens (tertiary/aromatic N) is 3. The highest BCUT2D eigenvalue weighted by molar-refractivity contribution is 7.15. The number of hydrogen-bond donors (Lipinski definition) is 1. The van der Waals surface area contributed by atoms with Gasteiger partial charge in [-0.15, -0.1) is 11.3 Å². The number of carbonyl (C=O) groups is 1. The van der Waals surface area contributed by atoms with Gasteiger partial charge in [0, 0.05) is 42.2 Å². The van der Waals surface area contributed by atoms with Crippen molar-refractivity contribution < 1.29 is 4.79 Å². The van der Waals surface area contributed by atoms with Gasteiger partial charge >= 0.3 is 0 Å². The van der Waals surface area contributed by atoms with Crippen LogP contribution in [0.2, 0.25) is 5.02 Å². The first-order valence-corrected chi connectivity index (χ1v) is 9.54. The molecule has 0 atom stereocenters. The van der Waals surface area contributed by atoms with Gasteiger partial charge in [0.2, 0.25) is 0 Å². The molecule has 7 heteroatoms. The summed E-state index contributed by atoms with van der Waals surface area (Å²) in [5, 5.41) is 4.25. The van der Waals surface area contributed by atoms with E-state index in [2.05, 4.69) is 26.3 Å². The van der Waals surface area contributed by atoms with Crippen molar-refractivity contribution in [3.8, 4) is 0 Å². The molecule has 0 radical (unpaired) electrons. The quantitative estimate of drug-likeness (QED) is 0.738. The van der Waals surface area contributed by atoms with E-state index in [1.54, 1.807) is 24.4 Å². The first-order chi connectivity index (χ1) is 12.7. The summed E-state index contributed by atoms with van der Waals surface area (Å²) >= 11 is 7.61. The fraction of sp³-hybridized carbons (Fsp3) is 0.211. The molecule has 1 amide bonds. The zero-order chi connectivity index (χ0) is 17.9. The molecule has 1 aliphatic rings. The molecule has 3 heterocycles. The Hall–Kier alpha value is -2.28. The number of anilines is 1. The molecule has 4 rings (SSSR count). The number of fused-ring (bicyclic) bond motifs is 1. The second-order valence-corrected chi connectivity index (χ2v) is 7.67. The highest BCUT2D eigenvalue weighted by Crippen LogP contribution is 2.29. The van der Waals surface area contributed by atoms with Gasteiger partial charge < -0.3 is 0 Å². The fourth-order valence-electron chi connectivity index (χ4n) is 2.99. The smallest absolute Gasteiger partial charge is 0.276 e. The average Bonchev–Trinajstić information content (AvgIpc) is 3.04. The van der Waals surface area contributed by atoms with E-state index in [9.17, 15) is 4.79 Å². The predicted octanol–water partition coefficient (Wildman–Crippen LogP) is 4.00. The lowest BCUT2D eigenvalue weighted by Gasteiger charge is -2.25. The van der Waals surface area contributed by atoms with Gasteiger partial charge in [-0.1, -0.05) is 29.8 Å². The van der Waals surface area contributed by atoms with Crippen molar-refractivity contribution in [3.05, 3.63) is 75.5 Å². The van der Waals surface area contributed by atoms with Gasteiger partial charge in [-0.05, 0) is 29.8 Å². The van der Waals surface area contributed by atoms with Gasteiger partial charge in [0.15, 0.2) is 5.13 Å². The van der Waals surface area contributed by atoms with Crippen LogP contribution in [0.15, 0.2) is 48.7 Å². The van der Waals surface area contributed by atoms with Crippen molar-refractivity contribution in [3.63, 3.8) is 0 Å². The zero-order valence-corrected chi connectivity index (χ0v) is 15.6. The molecule has 0 spiro atoms. The fourth-order valence-corrected chi connectivity index (χ4v) is 4.25. The molecule has 0 saturated heterocycles. The molecule has 0 unspecified atom stereocenters. The average molecular weight is 385 g/mol. The Labute approximate surface area is 160 Å². The molecular formula is C19H17ClN4OS. The molecular weight excluding hydrogens is 368 g/mol. The Morgan fingerprint density at radius 2 is 2.19 bits per heavy atom. The number of hydrogen-bond acceptors (Lipinski definition) is 5. The van der Waals surface area contributed by atoms with Crippen LogP contribution in [0.25, 0.3) is 0 Å². The summed E-state index contributed by atoms with van der Waals surface area (Å²) in [6.45, 7) is 2.63. The maximum Gasteiger partial charge on any atom is 0.276 e. The maximum absolute atomic E-state index is 12.2. The first-order valence-electron chi connectivity index (χ1n) is 8.35. The first kappa shape index (κ1) is 17.1. The topological polar surface area (TPSA) is 58.1 Å². The Kier molecular flexibility index (Phi) is 4.97. The molecule has 5 nitrogen and oxygen atoms in total. The second kappa shape index (κ2) is 7.53. The molecule has 132 valence electrons. The normalized spacial score (nSPS) is 14.0. The van der Waals surface area contributed by atoms with Crippen LogP contribution in [0.5, 0.6) is 0 Å². The number of pyridine rings is 1. The van der Waals surface area contributed by atoms with Crippen LogP contribution in [0.3, 0.4) is 0 Å². The van der Waals surface area contributed by atoms with Crippen molar-refractivity contribution in [2.24, 2.45) is 0 Å². The number of carbonyl (C=O) groups excluding carboxylic acids is 1. The van der Waals surface area contributed by atoms with E-state index in [1.807, 2.05) is 18.2 Å². The molecule has 1 aliphatic heterocycles. The van der Waals surface area contributed by atoms with Crippen LogP contribution >= 0.6 is 22.9 Å². The Bertz CT molecular complexity index is 928. The van der Waals surface area contributed by atoms with E-state index >= 15 is 0 Å². The minimum absolute atomic E-state index is 0.229. The van der Waals surface area contributed by atoms with Crippen LogP contribution in [0.1, 0.15) is 26.6 Å². The predicted molar refractivity (Wildman–Crippen MR) is 104 cm³/mol. The highest BCUT2D eigenvalue weighted by Gasteiger charge is 2.22. The minimum atomic E-state index is -0.229. The summed E-state index contributed by atoms with van der Waals surface area (Å²) in [5.41, 5.74) is 2.67. The van der Waals surface area contributed by atoms with Crippen LogP contribution in [-0.4, -0.2) is 27.3 Å². The lowest BCUT2D eigenvalue weighted by Crippen LogP contribution is -2.29. The van der Waals surface area contributed by atoms with Crippen LogP contribution in [0, 0.1) is 0 Å². The highest BCUT2D eigenvalue weighted by atomic mass is 35.5. The van der Waals surface area contributed by atoms with Crippen molar-refractivity contribution in [2.75, 3.05) is 11.9 Å². The second-order valence-electron chi connectivity index (χ2n) is 6.15. The van der Waals surface area contributed by atoms with E-state index < -0.39 is 0 Å². The van der Waals surface area contributed by atoms with Gasteiger partial charge in [0.1, 0.15) is 5.69 Å². The van der Waals surface area contributed by atoms with Crippen LogP contribution in [-0.2, 0) is 19.5 Å². The standard InChI is InChI=1S/C19H17ClN4OS/c20-14-5-3-4-13(10-14)11-24-9-7-15-17(12-24)26-19(22-15)23-18(25)16-6-1-2-8-21-16/h1-6,8,10H,7,9,11-12H2,(H,22,23,25). The molecule has 1 aromatic carbocycles. The number of amides is 1. The SMILES string of the molecule is O=C(Nc1nc2c(s1)CN(Cc1cccc(Cl)c1)CC2)c1ccccn1. The minimum Gasteiger partial charge on any atom is -0.296 e. The summed E-state index contributed by atoms with van der Waals surface area (Å²) in [6, 6.07) is 13.2. The lowest BCUT2D eigenvalue weighted by molar-refractivity contribution is 0.102. The van der Waals surface area contributed by atoms with Gasteiger partial charge in [-0.3, -0.25) is 20.0 Å². The third-order valence-corrected chi connectivity index (χ3v) is 5.46. The van der Waals surface area contributed by atoms with Crippen molar-refractivity contribution in [1.29, 1.82) is 0 Å². The monoisotopic (exact) mass is 384 g/mol. The van der Waals surface area contributed by atoms with Gasteiger partial charge in [0.05, 0.1) is 5.69 Å². The molecule has 0 saturated carbocycles. The summed E-state index contributed by atoms with van der Waals surface area (Å²) in [7, 11) is 0. The number of nitrogens with one attached hydrogen (secondary N) is 1. The third kappa shape index (κ3) is 3.93. The van der Waals surface area contributed by atoms with E-state index in [4.69, 9.17) is 11.6 Å². The van der Waals surface area contributed by atoms with Crippen molar-refractivity contribution in [1.82, 2.24) is 14.9 Å². The molecule has 26 heavy (non-hydrogen) atoms. The van der Waals surface area contributed by atoms with Gasteiger partial charge in [0.25, 0.3) is 5.91 Å². The lowest BCUT2D eigenvalue weighted by atomic mass is 10.1. The Morgan fingerprint density at radius 1 is 1.27 bits per heavy atom. The van der Waals surface area contributed by atoms with Crippen molar-refractivity contribution >= 4 is 34.0 Å². The molecule has 0 aliphatic carbocycles. The summed E-state index contributed by atoms with van der Waals surface area (Å²) in [6.07, 6.45) is 2.49. The number of thiazole rings is 1. The number of aromatic nitrogens is 2. The van der Waals surface area contributed by atoms with E-state index in [-0.39, 0.29) is 5.91 Å². The van der Waals surface area contributed by atoms with Crippen molar-refractivity contribution in [2.45, 2.75) is 19.5 Å². The maximum atomic E-state index is 12.2. The summed E-state index contributed by atoms with van der Waals surface area (Å²) < 4.78 is 0. The molecule has 2 aromatic heterocycles. The Balaban J connectivity index is 1.43. The van der Waals surface area contributed by atoms with Gasteiger partial charge in [-0.25, -0.2) is 4.98 Å². The summed E-state index contributed by atoms with van der Waals surface area (Å²) in [5.74, 6) is -0.229. The van der Waals surface area contributed by atoms with Gasteiger partial charge in [-0.2, -0.15) is 0 Å². The Morgan fingerprint density at radius 3 is 3.00 bits per heavy atom. The summed E-state index contributed by atoms with van der Waals surface area (Å²) in [4.78, 5) is 24.5. The van der Waals surface area contributed by atoms with E-state index in [0.29, 0.717) is 10.8 Å². The molecule has 3 aromatic rings. The third-order valence-electron chi connectivity index (χ3n) is 4.22. The zero-order valence-electron chi connectivity index (χ0n) is 14.0. The number of rotatable bonds is 4. The molecule has 1 N–H and O–H groups in total. The van der Waals surface area contributed by atoms with E-state index in [1.165, 1.54) is 21.8 Å². The number of benzene rings is 1.